The van der Waals surface area contributed by atoms with E-state index in [1.165, 1.54) is 116 Å². The van der Waals surface area contributed by atoms with E-state index in [-0.39, 0.29) is 12.3 Å². The van der Waals surface area contributed by atoms with Crippen LogP contribution < -0.4 is 12.3 Å². The second-order valence-corrected chi connectivity index (χ2v) is 10.5. The van der Waals surface area contributed by atoms with Gasteiger partial charge in [-0.2, -0.15) is 16.8 Å². The molecule has 0 amide bonds. The molecule has 240 valence electrons. The highest BCUT2D eigenvalue weighted by atomic mass is 32.3. The van der Waals surface area contributed by atoms with Crippen molar-refractivity contribution in [2.45, 2.75) is 142 Å². The first kappa shape index (κ1) is 50.4. The molecule has 0 aromatic carbocycles. The number of aliphatic hydroxyl groups excluding tert-OH is 2. The molecule has 0 rings (SSSR count). The van der Waals surface area contributed by atoms with Gasteiger partial charge in [0.05, 0.1) is 0 Å². The molecule has 38 heavy (non-hydrogen) atoms. The van der Waals surface area contributed by atoms with Crippen LogP contribution in [0, 0.1) is 0 Å². The fraction of sp³-hybridized carbons (Fsp3) is 1.00. The Labute approximate surface area is 233 Å². The fourth-order valence-corrected chi connectivity index (χ4v) is 3.20. The Kier molecular flexibility index (Phi) is 54.5. The molecule has 0 unspecified atom stereocenters. The Morgan fingerprint density at radius 2 is 0.500 bits per heavy atom. The molecule has 0 heterocycles. The van der Waals surface area contributed by atoms with Crippen LogP contribution in [0.3, 0.4) is 0 Å². The summed E-state index contributed by atoms with van der Waals surface area (Å²) in [5, 5.41) is 17.1. The number of unbranched alkanes of at least 4 members (excludes halogenated alkanes) is 18. The lowest BCUT2D eigenvalue weighted by atomic mass is 10.1. The third-order valence-corrected chi connectivity index (χ3v) is 5.02. The summed E-state index contributed by atoms with van der Waals surface area (Å²) in [4.78, 5) is 0. The topological polar surface area (TPSA) is 260 Å². The summed E-state index contributed by atoms with van der Waals surface area (Å²) in [5.74, 6) is 0. The van der Waals surface area contributed by atoms with Gasteiger partial charge in [-0.1, -0.05) is 129 Å². The van der Waals surface area contributed by atoms with Crippen LogP contribution in [0.1, 0.15) is 142 Å². The highest BCUT2D eigenvalue weighted by molar-refractivity contribution is 7.80. The number of hydrogen-bond donors (Lipinski definition) is 8. The SMILES string of the molecule is CCCCCCCCCCCCO.CCCCCCCCCCCCO.N.N.O=S(=O)(O)O.O=S(=O)(O)O. The molecule has 14 heteroatoms. The lowest BCUT2D eigenvalue weighted by molar-refractivity contribution is 0.282. The Morgan fingerprint density at radius 1 is 0.368 bits per heavy atom. The van der Waals surface area contributed by atoms with Crippen LogP contribution in [0.4, 0.5) is 0 Å². The number of hydrogen-bond acceptors (Lipinski definition) is 8. The summed E-state index contributed by atoms with van der Waals surface area (Å²) in [6.45, 7) is 5.26. The first-order valence-electron chi connectivity index (χ1n) is 13.4. The molecule has 0 bridgehead atoms. The molecule has 0 spiro atoms. The Bertz CT molecular complexity index is 505. The summed E-state index contributed by atoms with van der Waals surface area (Å²) >= 11 is 0. The van der Waals surface area contributed by atoms with Crippen molar-refractivity contribution in [3.63, 3.8) is 0 Å². The van der Waals surface area contributed by atoms with E-state index in [2.05, 4.69) is 13.8 Å². The van der Waals surface area contributed by atoms with E-state index in [9.17, 15) is 0 Å². The molecule has 0 aliphatic carbocycles. The first-order valence-corrected chi connectivity index (χ1v) is 16.2. The quantitative estimate of drug-likeness (QED) is 0.0527. The highest BCUT2D eigenvalue weighted by Crippen LogP contribution is 2.11. The third kappa shape index (κ3) is 111. The summed E-state index contributed by atoms with van der Waals surface area (Å²) < 4.78 is 63.2. The Morgan fingerprint density at radius 3 is 0.632 bits per heavy atom. The van der Waals surface area contributed by atoms with Gasteiger partial charge in [-0.3, -0.25) is 18.2 Å². The minimum atomic E-state index is -4.67. The Hall–Kier alpha value is -0.420. The molecule has 12 nitrogen and oxygen atoms in total. The zero-order chi connectivity index (χ0) is 28.6. The van der Waals surface area contributed by atoms with Gasteiger partial charge in [0.25, 0.3) is 0 Å². The molecule has 0 atom stereocenters. The first-order chi connectivity index (χ1) is 16.8. The van der Waals surface area contributed by atoms with Crippen LogP contribution in [-0.4, -0.2) is 58.5 Å². The number of aliphatic hydroxyl groups is 2. The lowest BCUT2D eigenvalue weighted by Crippen LogP contribution is -1.89. The van der Waals surface area contributed by atoms with Crippen LogP contribution in [0.2, 0.25) is 0 Å². The maximum Gasteiger partial charge on any atom is 0.394 e. The van der Waals surface area contributed by atoms with Gasteiger partial charge in [0, 0.05) is 13.2 Å². The summed E-state index contributed by atoms with van der Waals surface area (Å²) in [6, 6.07) is 0. The van der Waals surface area contributed by atoms with Gasteiger partial charge in [0.1, 0.15) is 0 Å². The molecule has 0 saturated heterocycles. The van der Waals surface area contributed by atoms with Gasteiger partial charge in [0.15, 0.2) is 0 Å². The molecule has 0 fully saturated rings. The van der Waals surface area contributed by atoms with Crippen LogP contribution in [0.5, 0.6) is 0 Å². The van der Waals surface area contributed by atoms with Crippen LogP contribution in [0.25, 0.3) is 0 Å². The largest absolute Gasteiger partial charge is 0.396 e. The molecule has 0 saturated carbocycles. The van der Waals surface area contributed by atoms with E-state index >= 15 is 0 Å². The predicted octanol–water partition coefficient (Wildman–Crippen LogP) is 6.82. The lowest BCUT2D eigenvalue weighted by Gasteiger charge is -2.00. The second kappa shape index (κ2) is 41.1. The van der Waals surface area contributed by atoms with Crippen molar-refractivity contribution in [1.82, 2.24) is 12.3 Å². The van der Waals surface area contributed by atoms with Gasteiger partial charge in [-0.25, -0.2) is 0 Å². The smallest absolute Gasteiger partial charge is 0.394 e. The van der Waals surface area contributed by atoms with Gasteiger partial charge in [-0.15, -0.1) is 0 Å². The second-order valence-electron chi connectivity index (χ2n) is 8.71. The zero-order valence-electron chi connectivity index (χ0n) is 24.1. The predicted molar refractivity (Wildman–Crippen MR) is 156 cm³/mol. The molecular weight excluding hydrogens is 540 g/mol. The van der Waals surface area contributed by atoms with E-state index in [0.717, 1.165) is 12.8 Å². The summed E-state index contributed by atoms with van der Waals surface area (Å²) in [6.07, 6.45) is 26.6. The standard InChI is InChI=1S/2C12H26O.2H3N.2H2O4S/c2*1-2-3-4-5-6-7-8-9-10-11-12-13;;;2*1-5(2,3)4/h2*13H,2-12H2,1H3;2*1H3;2*(H2,1,2,3,4). The average molecular weight is 603 g/mol. The van der Waals surface area contributed by atoms with Gasteiger partial charge in [0.2, 0.25) is 0 Å². The normalized spacial score (nSPS) is 10.3. The minimum absolute atomic E-state index is 0. The molecule has 0 aromatic heterocycles. The van der Waals surface area contributed by atoms with Gasteiger partial charge in [-0.05, 0) is 12.8 Å². The molecule has 12 N–H and O–H groups in total. The summed E-state index contributed by atoms with van der Waals surface area (Å²) in [7, 11) is -9.33. The van der Waals surface area contributed by atoms with Gasteiger partial charge >= 0.3 is 20.8 Å². The monoisotopic (exact) mass is 602 g/mol. The van der Waals surface area contributed by atoms with E-state index in [4.69, 9.17) is 45.3 Å². The molecular formula is C24H62N2O10S2. The van der Waals surface area contributed by atoms with Crippen LogP contribution >= 0.6 is 0 Å². The van der Waals surface area contributed by atoms with E-state index in [1.54, 1.807) is 0 Å². The molecule has 0 aromatic rings. The zero-order valence-corrected chi connectivity index (χ0v) is 25.7. The van der Waals surface area contributed by atoms with Crippen molar-refractivity contribution in [3.8, 4) is 0 Å². The highest BCUT2D eigenvalue weighted by Gasteiger charge is 1.92. The molecule has 0 radical (unpaired) electrons. The Balaban J connectivity index is -0.0000000962. The summed E-state index contributed by atoms with van der Waals surface area (Å²) in [5.41, 5.74) is 0. The minimum Gasteiger partial charge on any atom is -0.396 e. The van der Waals surface area contributed by atoms with E-state index < -0.39 is 20.8 Å². The van der Waals surface area contributed by atoms with Crippen LogP contribution in [0.15, 0.2) is 0 Å². The maximum absolute atomic E-state index is 8.74. The van der Waals surface area contributed by atoms with Crippen molar-refractivity contribution < 1.29 is 45.3 Å². The van der Waals surface area contributed by atoms with Gasteiger partial charge < -0.3 is 22.5 Å². The van der Waals surface area contributed by atoms with Crippen molar-refractivity contribution in [2.75, 3.05) is 13.2 Å². The van der Waals surface area contributed by atoms with Crippen molar-refractivity contribution in [1.29, 1.82) is 0 Å². The maximum atomic E-state index is 8.74. The van der Waals surface area contributed by atoms with E-state index in [0.29, 0.717) is 13.2 Å². The van der Waals surface area contributed by atoms with Crippen molar-refractivity contribution in [3.05, 3.63) is 0 Å². The fourth-order valence-electron chi connectivity index (χ4n) is 3.20. The van der Waals surface area contributed by atoms with E-state index in [1.807, 2.05) is 0 Å². The molecule has 0 aliphatic rings. The van der Waals surface area contributed by atoms with Crippen molar-refractivity contribution >= 4 is 20.8 Å². The average Bonchev–Trinajstić information content (AvgIpc) is 2.75. The number of rotatable bonds is 20. The third-order valence-electron chi connectivity index (χ3n) is 5.02. The molecule has 0 aliphatic heterocycles. The van der Waals surface area contributed by atoms with Crippen molar-refractivity contribution in [2.24, 2.45) is 0 Å². The van der Waals surface area contributed by atoms with Crippen LogP contribution in [-0.2, 0) is 20.8 Å².